The Morgan fingerprint density at radius 3 is 2.72 bits per heavy atom. The van der Waals surface area contributed by atoms with Crippen LogP contribution in [0.15, 0.2) is 12.1 Å². The van der Waals surface area contributed by atoms with Crippen LogP contribution in [0.4, 0.5) is 0 Å². The molecular formula is C13H21NO2S2. The van der Waals surface area contributed by atoms with Crippen LogP contribution in [-0.4, -0.2) is 26.5 Å². The van der Waals surface area contributed by atoms with E-state index in [1.54, 1.807) is 0 Å². The first kappa shape index (κ1) is 14.0. The molecule has 5 heteroatoms. The topological polar surface area (TPSA) is 46.2 Å². The summed E-state index contributed by atoms with van der Waals surface area (Å²) in [5.74, 6) is 0.925. The molecule has 1 aliphatic heterocycles. The van der Waals surface area contributed by atoms with Crippen molar-refractivity contribution in [2.75, 3.05) is 18.1 Å². The van der Waals surface area contributed by atoms with Gasteiger partial charge < -0.3 is 5.32 Å². The molecule has 2 rings (SSSR count). The molecule has 1 saturated heterocycles. The van der Waals surface area contributed by atoms with Gasteiger partial charge in [0.25, 0.3) is 0 Å². The van der Waals surface area contributed by atoms with Gasteiger partial charge in [0.2, 0.25) is 0 Å². The third-order valence-corrected chi connectivity index (χ3v) is 6.61. The normalized spacial score (nSPS) is 24.2. The lowest BCUT2D eigenvalue weighted by atomic mass is 9.98. The lowest BCUT2D eigenvalue weighted by Crippen LogP contribution is -2.28. The SMILES string of the molecule is CCNC(c1ccc(CC)s1)C1CCS(=O)(=O)C1. The van der Waals surface area contributed by atoms with Gasteiger partial charge in [0.15, 0.2) is 9.84 Å². The van der Waals surface area contributed by atoms with E-state index < -0.39 is 9.84 Å². The third kappa shape index (κ3) is 3.13. The fraction of sp³-hybridized carbons (Fsp3) is 0.692. The quantitative estimate of drug-likeness (QED) is 0.904. The molecule has 1 aromatic rings. The largest absolute Gasteiger partial charge is 0.309 e. The van der Waals surface area contributed by atoms with Crippen LogP contribution in [-0.2, 0) is 16.3 Å². The van der Waals surface area contributed by atoms with Crippen LogP contribution < -0.4 is 5.32 Å². The van der Waals surface area contributed by atoms with E-state index in [1.165, 1.54) is 9.75 Å². The summed E-state index contributed by atoms with van der Waals surface area (Å²) in [5.41, 5.74) is 0. The predicted octanol–water partition coefficient (Wildman–Crippen LogP) is 2.40. The van der Waals surface area contributed by atoms with Gasteiger partial charge in [-0.3, -0.25) is 0 Å². The summed E-state index contributed by atoms with van der Waals surface area (Å²) >= 11 is 1.81. The number of thiophene rings is 1. The number of sulfone groups is 1. The molecule has 1 fully saturated rings. The van der Waals surface area contributed by atoms with E-state index in [-0.39, 0.29) is 12.0 Å². The van der Waals surface area contributed by atoms with E-state index in [0.29, 0.717) is 11.5 Å². The molecule has 1 N–H and O–H groups in total. The summed E-state index contributed by atoms with van der Waals surface area (Å²) in [6.07, 6.45) is 1.84. The minimum Gasteiger partial charge on any atom is -0.309 e. The zero-order valence-corrected chi connectivity index (χ0v) is 12.6. The Balaban J connectivity index is 2.18. The molecule has 0 bridgehead atoms. The maximum atomic E-state index is 11.6. The molecule has 0 aliphatic carbocycles. The molecule has 0 aromatic carbocycles. The van der Waals surface area contributed by atoms with E-state index >= 15 is 0 Å². The second-order valence-corrected chi connectivity index (χ2v) is 8.28. The second-order valence-electron chi connectivity index (χ2n) is 4.86. The van der Waals surface area contributed by atoms with Crippen molar-refractivity contribution < 1.29 is 8.42 Å². The zero-order chi connectivity index (χ0) is 13.2. The van der Waals surface area contributed by atoms with Crippen molar-refractivity contribution >= 4 is 21.2 Å². The van der Waals surface area contributed by atoms with Gasteiger partial charge in [-0.15, -0.1) is 11.3 Å². The maximum Gasteiger partial charge on any atom is 0.150 e. The van der Waals surface area contributed by atoms with Gasteiger partial charge in [-0.2, -0.15) is 0 Å². The van der Waals surface area contributed by atoms with Gasteiger partial charge in [-0.05, 0) is 37.4 Å². The molecule has 18 heavy (non-hydrogen) atoms. The van der Waals surface area contributed by atoms with Crippen LogP contribution in [0.3, 0.4) is 0 Å². The summed E-state index contributed by atoms with van der Waals surface area (Å²) in [6, 6.07) is 4.52. The van der Waals surface area contributed by atoms with Crippen molar-refractivity contribution in [2.45, 2.75) is 32.7 Å². The maximum absolute atomic E-state index is 11.6. The van der Waals surface area contributed by atoms with Gasteiger partial charge in [-0.25, -0.2) is 8.42 Å². The summed E-state index contributed by atoms with van der Waals surface area (Å²) < 4.78 is 23.2. The minimum absolute atomic E-state index is 0.206. The highest BCUT2D eigenvalue weighted by atomic mass is 32.2. The first-order valence-electron chi connectivity index (χ1n) is 6.58. The average molecular weight is 287 g/mol. The highest BCUT2D eigenvalue weighted by molar-refractivity contribution is 7.91. The third-order valence-electron chi connectivity index (χ3n) is 3.50. The Hall–Kier alpha value is -0.390. The fourth-order valence-corrected chi connectivity index (χ4v) is 5.52. The van der Waals surface area contributed by atoms with E-state index in [0.717, 1.165) is 19.4 Å². The average Bonchev–Trinajstić information content (AvgIpc) is 2.92. The summed E-state index contributed by atoms with van der Waals surface area (Å²) in [6.45, 7) is 5.10. The van der Waals surface area contributed by atoms with Gasteiger partial charge in [0.1, 0.15) is 0 Å². The number of rotatable bonds is 5. The van der Waals surface area contributed by atoms with E-state index in [1.807, 2.05) is 11.3 Å². The van der Waals surface area contributed by atoms with Crippen molar-refractivity contribution in [3.63, 3.8) is 0 Å². The summed E-state index contributed by atoms with van der Waals surface area (Å²) in [4.78, 5) is 2.66. The molecule has 0 spiro atoms. The highest BCUT2D eigenvalue weighted by Crippen LogP contribution is 2.34. The Morgan fingerprint density at radius 2 is 2.22 bits per heavy atom. The van der Waals surface area contributed by atoms with Crippen LogP contribution in [0, 0.1) is 5.92 Å². The molecule has 102 valence electrons. The second kappa shape index (κ2) is 5.72. The Morgan fingerprint density at radius 1 is 1.44 bits per heavy atom. The number of aryl methyl sites for hydroxylation is 1. The Labute approximate surface area is 114 Å². The van der Waals surface area contributed by atoms with Crippen molar-refractivity contribution in [2.24, 2.45) is 5.92 Å². The van der Waals surface area contributed by atoms with Crippen molar-refractivity contribution in [3.8, 4) is 0 Å². The van der Waals surface area contributed by atoms with Gasteiger partial charge in [0, 0.05) is 15.8 Å². The molecular weight excluding hydrogens is 266 g/mol. The molecule has 2 heterocycles. The lowest BCUT2D eigenvalue weighted by Gasteiger charge is -2.22. The van der Waals surface area contributed by atoms with Crippen LogP contribution in [0.25, 0.3) is 0 Å². The molecule has 0 saturated carbocycles. The Kier molecular flexibility index (Phi) is 4.45. The van der Waals surface area contributed by atoms with Crippen molar-refractivity contribution in [1.82, 2.24) is 5.32 Å². The molecule has 2 atom stereocenters. The van der Waals surface area contributed by atoms with Gasteiger partial charge in [-0.1, -0.05) is 13.8 Å². The van der Waals surface area contributed by atoms with Gasteiger partial charge >= 0.3 is 0 Å². The van der Waals surface area contributed by atoms with Crippen molar-refractivity contribution in [3.05, 3.63) is 21.9 Å². The minimum atomic E-state index is -2.80. The summed E-state index contributed by atoms with van der Waals surface area (Å²) in [7, 11) is -2.80. The van der Waals surface area contributed by atoms with Crippen LogP contribution in [0.5, 0.6) is 0 Å². The Bertz CT molecular complexity index is 493. The first-order valence-corrected chi connectivity index (χ1v) is 9.22. The standard InChI is InChI=1S/C13H21NO2S2/c1-3-11-5-6-12(17-11)13(14-4-2)10-7-8-18(15,16)9-10/h5-6,10,13-14H,3-4,7-9H2,1-2H3. The molecule has 2 unspecified atom stereocenters. The van der Waals surface area contributed by atoms with E-state index in [9.17, 15) is 8.42 Å². The van der Waals surface area contributed by atoms with E-state index in [4.69, 9.17) is 0 Å². The molecule has 1 aliphatic rings. The first-order chi connectivity index (χ1) is 8.55. The van der Waals surface area contributed by atoms with Crippen LogP contribution >= 0.6 is 11.3 Å². The molecule has 3 nitrogen and oxygen atoms in total. The molecule has 0 amide bonds. The van der Waals surface area contributed by atoms with Crippen molar-refractivity contribution in [1.29, 1.82) is 0 Å². The fourth-order valence-electron chi connectivity index (χ4n) is 2.56. The molecule has 1 aromatic heterocycles. The lowest BCUT2D eigenvalue weighted by molar-refractivity contribution is 0.406. The van der Waals surface area contributed by atoms with Crippen LogP contribution in [0.2, 0.25) is 0 Å². The number of hydrogen-bond donors (Lipinski definition) is 1. The molecule has 0 radical (unpaired) electrons. The van der Waals surface area contributed by atoms with Crippen LogP contribution in [0.1, 0.15) is 36.1 Å². The van der Waals surface area contributed by atoms with E-state index in [2.05, 4.69) is 31.3 Å². The highest BCUT2D eigenvalue weighted by Gasteiger charge is 2.34. The number of nitrogens with one attached hydrogen (secondary N) is 1. The zero-order valence-electron chi connectivity index (χ0n) is 11.0. The smallest absolute Gasteiger partial charge is 0.150 e. The monoisotopic (exact) mass is 287 g/mol. The summed E-state index contributed by atoms with van der Waals surface area (Å²) in [5, 5.41) is 3.46. The van der Waals surface area contributed by atoms with Gasteiger partial charge in [0.05, 0.1) is 11.5 Å². The number of hydrogen-bond acceptors (Lipinski definition) is 4. The predicted molar refractivity (Wildman–Crippen MR) is 76.9 cm³/mol.